The van der Waals surface area contributed by atoms with E-state index in [1.165, 1.54) is 12.3 Å². The van der Waals surface area contributed by atoms with E-state index < -0.39 is 5.95 Å². The summed E-state index contributed by atoms with van der Waals surface area (Å²) in [4.78, 5) is 15.3. The average Bonchev–Trinajstić information content (AvgIpc) is 2.34. The van der Waals surface area contributed by atoms with Crippen LogP contribution in [0.2, 0.25) is 0 Å². The number of nitrogens with zero attached hydrogens (tertiary/aromatic N) is 1. The van der Waals surface area contributed by atoms with Crippen molar-refractivity contribution < 1.29 is 9.18 Å². The van der Waals surface area contributed by atoms with E-state index in [0.29, 0.717) is 11.3 Å². The van der Waals surface area contributed by atoms with Gasteiger partial charge < -0.3 is 5.32 Å². The molecule has 0 fully saturated rings. The second-order valence-corrected chi connectivity index (χ2v) is 4.95. The number of amides is 1. The van der Waals surface area contributed by atoms with Gasteiger partial charge in [-0.05, 0) is 59.3 Å². The molecule has 0 atom stereocenters. The summed E-state index contributed by atoms with van der Waals surface area (Å²) >= 11 is 2.20. The molecular weight excluding hydrogens is 346 g/mol. The molecule has 5 heteroatoms. The zero-order valence-electron chi connectivity index (χ0n) is 9.58. The van der Waals surface area contributed by atoms with Crippen LogP contribution < -0.4 is 5.32 Å². The number of halogens is 2. The van der Waals surface area contributed by atoms with Crippen LogP contribution >= 0.6 is 22.6 Å². The number of anilines is 1. The van der Waals surface area contributed by atoms with E-state index in [9.17, 15) is 9.18 Å². The molecule has 0 saturated carbocycles. The number of aryl methyl sites for hydroxylation is 1. The van der Waals surface area contributed by atoms with E-state index in [0.717, 1.165) is 15.2 Å². The first-order valence-electron chi connectivity index (χ1n) is 5.25. The molecule has 0 unspecified atom stereocenters. The van der Waals surface area contributed by atoms with Crippen LogP contribution in [0.4, 0.5) is 10.1 Å². The van der Waals surface area contributed by atoms with Crippen molar-refractivity contribution in [3.8, 4) is 0 Å². The van der Waals surface area contributed by atoms with Gasteiger partial charge in [0, 0.05) is 15.5 Å². The first-order valence-corrected chi connectivity index (χ1v) is 6.33. The molecule has 0 aliphatic carbocycles. The standard InChI is InChI=1S/C13H10FIN2O/c1-8-2-4-10(6-11(8)15)17-13(18)9-3-5-12(14)16-7-9/h2-7H,1H3,(H,17,18). The van der Waals surface area contributed by atoms with Gasteiger partial charge in [0.25, 0.3) is 5.91 Å². The molecule has 1 aromatic heterocycles. The predicted molar refractivity (Wildman–Crippen MR) is 76.0 cm³/mol. The lowest BCUT2D eigenvalue weighted by molar-refractivity contribution is 0.102. The van der Waals surface area contributed by atoms with Gasteiger partial charge in [-0.2, -0.15) is 4.39 Å². The topological polar surface area (TPSA) is 42.0 Å². The number of nitrogens with one attached hydrogen (secondary N) is 1. The van der Waals surface area contributed by atoms with Gasteiger partial charge in [-0.15, -0.1) is 0 Å². The van der Waals surface area contributed by atoms with Crippen LogP contribution in [0.25, 0.3) is 0 Å². The van der Waals surface area contributed by atoms with Gasteiger partial charge >= 0.3 is 0 Å². The number of hydrogen-bond donors (Lipinski definition) is 1. The minimum absolute atomic E-state index is 0.304. The third kappa shape index (κ3) is 3.04. The van der Waals surface area contributed by atoms with E-state index in [2.05, 4.69) is 32.9 Å². The number of benzene rings is 1. The van der Waals surface area contributed by atoms with Crippen LogP contribution in [-0.2, 0) is 0 Å². The Balaban J connectivity index is 2.16. The van der Waals surface area contributed by atoms with Crippen molar-refractivity contribution in [2.75, 3.05) is 5.32 Å². The van der Waals surface area contributed by atoms with E-state index in [1.807, 2.05) is 25.1 Å². The molecule has 18 heavy (non-hydrogen) atoms. The quantitative estimate of drug-likeness (QED) is 0.662. The van der Waals surface area contributed by atoms with Gasteiger partial charge in [-0.3, -0.25) is 4.79 Å². The lowest BCUT2D eigenvalue weighted by Gasteiger charge is -2.06. The third-order valence-corrected chi connectivity index (χ3v) is 3.58. The van der Waals surface area contributed by atoms with Crippen molar-refractivity contribution in [1.29, 1.82) is 0 Å². The number of carbonyl (C=O) groups excluding carboxylic acids is 1. The molecule has 1 heterocycles. The Kier molecular flexibility index (Phi) is 3.90. The molecule has 2 aromatic rings. The van der Waals surface area contributed by atoms with Gasteiger partial charge in [-0.25, -0.2) is 4.98 Å². The van der Waals surface area contributed by atoms with Gasteiger partial charge in [0.15, 0.2) is 0 Å². The minimum atomic E-state index is -0.601. The maximum absolute atomic E-state index is 12.6. The van der Waals surface area contributed by atoms with Crippen LogP contribution in [0.5, 0.6) is 0 Å². The van der Waals surface area contributed by atoms with E-state index in [4.69, 9.17) is 0 Å². The molecule has 1 N–H and O–H groups in total. The number of hydrogen-bond acceptors (Lipinski definition) is 2. The Bertz CT molecular complexity index is 584. The van der Waals surface area contributed by atoms with Gasteiger partial charge in [0.2, 0.25) is 5.95 Å². The molecule has 1 amide bonds. The molecular formula is C13H10FIN2O. The van der Waals surface area contributed by atoms with Crippen molar-refractivity contribution in [2.45, 2.75) is 6.92 Å². The number of aromatic nitrogens is 1. The van der Waals surface area contributed by atoms with Gasteiger partial charge in [-0.1, -0.05) is 6.07 Å². The van der Waals surface area contributed by atoms with Gasteiger partial charge in [0.1, 0.15) is 0 Å². The summed E-state index contributed by atoms with van der Waals surface area (Å²) in [5.74, 6) is -0.904. The molecule has 3 nitrogen and oxygen atoms in total. The Morgan fingerprint density at radius 2 is 2.11 bits per heavy atom. The number of rotatable bonds is 2. The van der Waals surface area contributed by atoms with Crippen molar-refractivity contribution in [3.05, 3.63) is 57.2 Å². The Morgan fingerprint density at radius 1 is 1.33 bits per heavy atom. The zero-order valence-corrected chi connectivity index (χ0v) is 11.7. The molecule has 0 aliphatic heterocycles. The molecule has 0 spiro atoms. The normalized spacial score (nSPS) is 10.2. The minimum Gasteiger partial charge on any atom is -0.322 e. The number of carbonyl (C=O) groups is 1. The Morgan fingerprint density at radius 3 is 2.72 bits per heavy atom. The summed E-state index contributed by atoms with van der Waals surface area (Å²) in [6.07, 6.45) is 1.21. The van der Waals surface area contributed by atoms with Crippen molar-refractivity contribution >= 4 is 34.2 Å². The van der Waals surface area contributed by atoms with E-state index in [-0.39, 0.29) is 5.91 Å². The zero-order chi connectivity index (χ0) is 13.1. The SMILES string of the molecule is Cc1ccc(NC(=O)c2ccc(F)nc2)cc1I. The largest absolute Gasteiger partial charge is 0.322 e. The lowest BCUT2D eigenvalue weighted by atomic mass is 10.2. The summed E-state index contributed by atoms with van der Waals surface area (Å²) in [7, 11) is 0. The van der Waals surface area contributed by atoms with Crippen LogP contribution in [0.1, 0.15) is 15.9 Å². The highest BCUT2D eigenvalue weighted by atomic mass is 127. The molecule has 0 radical (unpaired) electrons. The summed E-state index contributed by atoms with van der Waals surface area (Å²) in [6.45, 7) is 2.00. The van der Waals surface area contributed by atoms with Crippen LogP contribution in [0.15, 0.2) is 36.5 Å². The summed E-state index contributed by atoms with van der Waals surface area (Å²) < 4.78 is 13.7. The molecule has 0 bridgehead atoms. The van der Waals surface area contributed by atoms with E-state index >= 15 is 0 Å². The summed E-state index contributed by atoms with van der Waals surface area (Å²) in [5, 5.41) is 2.74. The fraction of sp³-hybridized carbons (Fsp3) is 0.0769. The highest BCUT2D eigenvalue weighted by Gasteiger charge is 2.07. The van der Waals surface area contributed by atoms with Crippen molar-refractivity contribution in [1.82, 2.24) is 4.98 Å². The van der Waals surface area contributed by atoms with E-state index in [1.54, 1.807) is 0 Å². The van der Waals surface area contributed by atoms with Crippen LogP contribution in [-0.4, -0.2) is 10.9 Å². The lowest BCUT2D eigenvalue weighted by Crippen LogP contribution is -2.12. The highest BCUT2D eigenvalue weighted by molar-refractivity contribution is 14.1. The first-order chi connectivity index (χ1) is 8.56. The molecule has 2 rings (SSSR count). The Hall–Kier alpha value is -1.50. The fourth-order valence-electron chi connectivity index (χ4n) is 1.38. The highest BCUT2D eigenvalue weighted by Crippen LogP contribution is 2.17. The molecule has 0 saturated heterocycles. The average molecular weight is 356 g/mol. The van der Waals surface area contributed by atoms with Gasteiger partial charge in [0.05, 0.1) is 5.56 Å². The predicted octanol–water partition coefficient (Wildman–Crippen LogP) is 3.39. The summed E-state index contributed by atoms with van der Waals surface area (Å²) in [6, 6.07) is 8.20. The fourth-order valence-corrected chi connectivity index (χ4v) is 1.90. The molecule has 1 aromatic carbocycles. The maximum Gasteiger partial charge on any atom is 0.257 e. The second kappa shape index (κ2) is 5.43. The molecule has 92 valence electrons. The van der Waals surface area contributed by atoms with Crippen molar-refractivity contribution in [2.24, 2.45) is 0 Å². The monoisotopic (exact) mass is 356 g/mol. The Labute approximate surface area is 118 Å². The smallest absolute Gasteiger partial charge is 0.257 e. The molecule has 0 aliphatic rings. The maximum atomic E-state index is 12.6. The first kappa shape index (κ1) is 12.9. The second-order valence-electron chi connectivity index (χ2n) is 3.79. The number of pyridine rings is 1. The van der Waals surface area contributed by atoms with Crippen LogP contribution in [0, 0.1) is 16.4 Å². The van der Waals surface area contributed by atoms with Crippen molar-refractivity contribution in [3.63, 3.8) is 0 Å². The summed E-state index contributed by atoms with van der Waals surface area (Å²) in [5.41, 5.74) is 2.18. The third-order valence-electron chi connectivity index (χ3n) is 2.42. The van der Waals surface area contributed by atoms with Crippen LogP contribution in [0.3, 0.4) is 0 Å².